The molecule has 0 aliphatic rings. The van der Waals surface area contributed by atoms with Crippen LogP contribution in [0.2, 0.25) is 0 Å². The molecule has 0 saturated heterocycles. The van der Waals surface area contributed by atoms with Crippen LogP contribution < -0.4 is 10.6 Å². The highest BCUT2D eigenvalue weighted by Gasteiger charge is 2.24. The second kappa shape index (κ2) is 7.70. The molecule has 1 heterocycles. The number of benzene rings is 1. The number of aliphatic hydroxyl groups excluding tert-OH is 1. The highest BCUT2D eigenvalue weighted by Crippen LogP contribution is 2.26. The van der Waals surface area contributed by atoms with Crippen molar-refractivity contribution >= 4 is 33.9 Å². The molecule has 0 aliphatic heterocycles. The molecular formula is C15H17N3O4S. The average molecular weight is 335 g/mol. The number of aromatic nitrogens is 1. The van der Waals surface area contributed by atoms with Gasteiger partial charge in [-0.25, -0.2) is 9.78 Å². The number of methoxy groups -OCH3 is 1. The maximum atomic E-state index is 12.3. The number of para-hydroxylation sites is 1. The smallest absolute Gasteiger partial charge is 0.330 e. The monoisotopic (exact) mass is 335 g/mol. The number of aryl methyl sites for hydroxylation is 1. The van der Waals surface area contributed by atoms with Crippen LogP contribution in [0, 0.1) is 6.92 Å². The summed E-state index contributed by atoms with van der Waals surface area (Å²) in [6, 6.07) is 6.52. The third kappa shape index (κ3) is 4.05. The van der Waals surface area contributed by atoms with E-state index in [2.05, 4.69) is 20.4 Å². The number of ether oxygens (including phenoxy) is 1. The van der Waals surface area contributed by atoms with E-state index >= 15 is 0 Å². The van der Waals surface area contributed by atoms with E-state index in [-0.39, 0.29) is 5.69 Å². The van der Waals surface area contributed by atoms with E-state index in [1.807, 2.05) is 31.2 Å². The normalized spacial score (nSPS) is 11.6. The van der Waals surface area contributed by atoms with Gasteiger partial charge in [0, 0.05) is 5.69 Å². The average Bonchev–Trinajstić information content (AvgIpc) is 3.02. The number of hydrogen-bond donors (Lipinski definition) is 3. The van der Waals surface area contributed by atoms with Gasteiger partial charge in [-0.1, -0.05) is 18.2 Å². The SMILES string of the molecule is COC(=O)[C@H](CO)NC(=O)c1ncsc1Nc1ccccc1C. The number of carbonyl (C=O) groups excluding carboxylic acids is 2. The Morgan fingerprint density at radius 2 is 2.13 bits per heavy atom. The number of carbonyl (C=O) groups is 2. The van der Waals surface area contributed by atoms with E-state index < -0.39 is 24.5 Å². The Labute approximate surface area is 137 Å². The van der Waals surface area contributed by atoms with Crippen LogP contribution in [-0.4, -0.2) is 41.7 Å². The number of thiazole rings is 1. The van der Waals surface area contributed by atoms with Crippen molar-refractivity contribution in [3.63, 3.8) is 0 Å². The van der Waals surface area contributed by atoms with Crippen LogP contribution in [-0.2, 0) is 9.53 Å². The third-order valence-corrected chi connectivity index (χ3v) is 3.89. The van der Waals surface area contributed by atoms with Crippen LogP contribution in [0.25, 0.3) is 0 Å². The van der Waals surface area contributed by atoms with E-state index in [1.54, 1.807) is 0 Å². The van der Waals surface area contributed by atoms with Crippen molar-refractivity contribution in [2.45, 2.75) is 13.0 Å². The number of aliphatic hydroxyl groups is 1. The quantitative estimate of drug-likeness (QED) is 0.691. The van der Waals surface area contributed by atoms with E-state index in [4.69, 9.17) is 5.11 Å². The molecule has 122 valence electrons. The number of hydrogen-bond acceptors (Lipinski definition) is 7. The van der Waals surface area contributed by atoms with Gasteiger partial charge >= 0.3 is 5.97 Å². The maximum absolute atomic E-state index is 12.3. The van der Waals surface area contributed by atoms with Gasteiger partial charge in [0.15, 0.2) is 11.7 Å². The highest BCUT2D eigenvalue weighted by molar-refractivity contribution is 7.14. The fourth-order valence-electron chi connectivity index (χ4n) is 1.88. The lowest BCUT2D eigenvalue weighted by Crippen LogP contribution is -2.44. The molecule has 0 aliphatic carbocycles. The van der Waals surface area contributed by atoms with E-state index in [0.717, 1.165) is 11.3 Å². The maximum Gasteiger partial charge on any atom is 0.330 e. The molecule has 0 bridgehead atoms. The first-order valence-electron chi connectivity index (χ1n) is 6.82. The molecule has 1 aromatic heterocycles. The number of rotatable bonds is 6. The van der Waals surface area contributed by atoms with Gasteiger partial charge in [-0.3, -0.25) is 4.79 Å². The zero-order valence-corrected chi connectivity index (χ0v) is 13.5. The molecule has 23 heavy (non-hydrogen) atoms. The summed E-state index contributed by atoms with van der Waals surface area (Å²) in [4.78, 5) is 27.7. The Balaban J connectivity index is 2.15. The summed E-state index contributed by atoms with van der Waals surface area (Å²) in [5, 5.41) is 15.3. The van der Waals surface area contributed by atoms with Crippen molar-refractivity contribution < 1.29 is 19.4 Å². The predicted octanol–water partition coefficient (Wildman–Crippen LogP) is 1.46. The molecule has 1 amide bonds. The second-order valence-corrected chi connectivity index (χ2v) is 5.56. The van der Waals surface area contributed by atoms with E-state index in [9.17, 15) is 9.59 Å². The lowest BCUT2D eigenvalue weighted by molar-refractivity contribution is -0.143. The van der Waals surface area contributed by atoms with Crippen LogP contribution in [0.15, 0.2) is 29.8 Å². The second-order valence-electron chi connectivity index (χ2n) is 4.70. The van der Waals surface area contributed by atoms with Gasteiger partial charge in [0.2, 0.25) is 0 Å². The Bertz CT molecular complexity index is 702. The molecule has 3 N–H and O–H groups in total. The fourth-order valence-corrected chi connectivity index (χ4v) is 2.57. The summed E-state index contributed by atoms with van der Waals surface area (Å²) in [5.74, 6) is -1.28. The molecule has 7 nitrogen and oxygen atoms in total. The number of nitrogens with one attached hydrogen (secondary N) is 2. The number of nitrogens with zero attached hydrogens (tertiary/aromatic N) is 1. The highest BCUT2D eigenvalue weighted by atomic mass is 32.1. The summed E-state index contributed by atoms with van der Waals surface area (Å²) in [6.45, 7) is 1.39. The van der Waals surface area contributed by atoms with Crippen LogP contribution in [0.3, 0.4) is 0 Å². The minimum absolute atomic E-state index is 0.153. The number of anilines is 2. The summed E-state index contributed by atoms with van der Waals surface area (Å²) < 4.78 is 4.52. The minimum atomic E-state index is -1.12. The van der Waals surface area contributed by atoms with Gasteiger partial charge in [0.05, 0.1) is 19.2 Å². The zero-order valence-electron chi connectivity index (χ0n) is 12.7. The van der Waals surface area contributed by atoms with Gasteiger partial charge < -0.3 is 20.5 Å². The van der Waals surface area contributed by atoms with Crippen molar-refractivity contribution in [1.29, 1.82) is 0 Å². The summed E-state index contributed by atoms with van der Waals surface area (Å²) in [6.07, 6.45) is 0. The lowest BCUT2D eigenvalue weighted by Gasteiger charge is -2.14. The molecule has 1 aromatic carbocycles. The van der Waals surface area contributed by atoms with Crippen molar-refractivity contribution in [3.05, 3.63) is 41.0 Å². The van der Waals surface area contributed by atoms with Crippen LogP contribution in [0.5, 0.6) is 0 Å². The summed E-state index contributed by atoms with van der Waals surface area (Å²) in [5.41, 5.74) is 3.56. The van der Waals surface area contributed by atoms with E-state index in [1.165, 1.54) is 24.0 Å². The first kappa shape index (κ1) is 16.9. The van der Waals surface area contributed by atoms with Crippen molar-refractivity contribution in [2.75, 3.05) is 19.0 Å². The predicted molar refractivity (Wildman–Crippen MR) is 86.9 cm³/mol. The standard InChI is InChI=1S/C15H17N3O4S/c1-9-5-3-4-6-10(9)18-14-12(16-8-23-14)13(20)17-11(7-19)15(21)22-2/h3-6,8,11,18-19H,7H2,1-2H3,(H,17,20)/t11-/m0/s1. The molecule has 2 aromatic rings. The lowest BCUT2D eigenvalue weighted by atomic mass is 10.2. The van der Waals surface area contributed by atoms with Gasteiger partial charge in [0.1, 0.15) is 5.00 Å². The van der Waals surface area contributed by atoms with Crippen LogP contribution in [0.4, 0.5) is 10.7 Å². The number of amides is 1. The molecule has 2 rings (SSSR count). The molecule has 0 fully saturated rings. The zero-order chi connectivity index (χ0) is 16.8. The Kier molecular flexibility index (Phi) is 5.67. The molecule has 1 atom stereocenters. The fraction of sp³-hybridized carbons (Fsp3) is 0.267. The van der Waals surface area contributed by atoms with Crippen molar-refractivity contribution in [1.82, 2.24) is 10.3 Å². The van der Waals surface area contributed by atoms with Crippen molar-refractivity contribution in [2.24, 2.45) is 0 Å². The van der Waals surface area contributed by atoms with Crippen LogP contribution in [0.1, 0.15) is 16.1 Å². The van der Waals surface area contributed by atoms with Crippen molar-refractivity contribution in [3.8, 4) is 0 Å². The molecule has 0 radical (unpaired) electrons. The van der Waals surface area contributed by atoms with E-state index in [0.29, 0.717) is 5.00 Å². The summed E-state index contributed by atoms with van der Waals surface area (Å²) >= 11 is 1.27. The Morgan fingerprint density at radius 3 is 2.78 bits per heavy atom. The van der Waals surface area contributed by atoms with Gasteiger partial charge in [-0.15, -0.1) is 11.3 Å². The summed E-state index contributed by atoms with van der Waals surface area (Å²) in [7, 11) is 1.19. The van der Waals surface area contributed by atoms with Gasteiger partial charge in [-0.05, 0) is 18.6 Å². The Morgan fingerprint density at radius 1 is 1.39 bits per heavy atom. The van der Waals surface area contributed by atoms with Gasteiger partial charge in [0.25, 0.3) is 5.91 Å². The minimum Gasteiger partial charge on any atom is -0.467 e. The third-order valence-electron chi connectivity index (χ3n) is 3.15. The molecule has 0 unspecified atom stereocenters. The van der Waals surface area contributed by atoms with Crippen LogP contribution >= 0.6 is 11.3 Å². The molecule has 0 spiro atoms. The first-order chi connectivity index (χ1) is 11.1. The largest absolute Gasteiger partial charge is 0.467 e. The first-order valence-corrected chi connectivity index (χ1v) is 7.70. The molecular weight excluding hydrogens is 318 g/mol. The Hall–Kier alpha value is -2.45. The number of esters is 1. The van der Waals surface area contributed by atoms with Gasteiger partial charge in [-0.2, -0.15) is 0 Å². The molecule has 8 heteroatoms. The topological polar surface area (TPSA) is 101 Å². The molecule has 0 saturated carbocycles.